The van der Waals surface area contributed by atoms with Crippen LogP contribution in [0.2, 0.25) is 0 Å². The zero-order valence-corrected chi connectivity index (χ0v) is 13.8. The number of carbonyl (C=O) groups excluding carboxylic acids is 1. The number of rotatable bonds is 5. The lowest BCUT2D eigenvalue weighted by atomic mass is 10.1. The summed E-state index contributed by atoms with van der Waals surface area (Å²) in [6.07, 6.45) is 1.02. The van der Waals surface area contributed by atoms with Gasteiger partial charge in [-0.1, -0.05) is 6.07 Å². The SMILES string of the molecule is Cc1ccc(NS(C)(=O)=O)c(NC(=O)c2ccc(C(=O)O)cc2)c1. The van der Waals surface area contributed by atoms with Gasteiger partial charge >= 0.3 is 5.97 Å². The lowest BCUT2D eigenvalue weighted by molar-refractivity contribution is 0.0696. The Labute approximate surface area is 139 Å². The van der Waals surface area contributed by atoms with E-state index >= 15 is 0 Å². The number of nitrogens with one attached hydrogen (secondary N) is 2. The molecule has 0 spiro atoms. The van der Waals surface area contributed by atoms with E-state index in [-0.39, 0.29) is 16.8 Å². The molecule has 24 heavy (non-hydrogen) atoms. The lowest BCUT2D eigenvalue weighted by Crippen LogP contribution is -2.16. The highest BCUT2D eigenvalue weighted by Gasteiger charge is 2.13. The second kappa shape index (κ2) is 6.71. The Morgan fingerprint density at radius 3 is 2.08 bits per heavy atom. The van der Waals surface area contributed by atoms with Gasteiger partial charge < -0.3 is 10.4 Å². The first kappa shape index (κ1) is 17.5. The van der Waals surface area contributed by atoms with Crippen molar-refractivity contribution in [3.8, 4) is 0 Å². The summed E-state index contributed by atoms with van der Waals surface area (Å²) in [6.45, 7) is 1.81. The molecule has 0 saturated heterocycles. The summed E-state index contributed by atoms with van der Waals surface area (Å²) in [6, 6.07) is 10.3. The number of aromatic carboxylic acids is 1. The number of carbonyl (C=O) groups is 2. The number of carboxylic acids is 1. The molecule has 3 N–H and O–H groups in total. The zero-order valence-electron chi connectivity index (χ0n) is 13.0. The first-order chi connectivity index (χ1) is 11.2. The average molecular weight is 348 g/mol. The fraction of sp³-hybridized carbons (Fsp3) is 0.125. The molecule has 0 aromatic heterocycles. The molecule has 0 atom stereocenters. The van der Waals surface area contributed by atoms with Gasteiger partial charge in [-0.2, -0.15) is 0 Å². The molecule has 7 nitrogen and oxygen atoms in total. The number of carboxylic acid groups (broad SMARTS) is 1. The number of benzene rings is 2. The highest BCUT2D eigenvalue weighted by Crippen LogP contribution is 2.24. The van der Waals surface area contributed by atoms with Crippen LogP contribution < -0.4 is 10.0 Å². The Kier molecular flexibility index (Phi) is 4.89. The van der Waals surface area contributed by atoms with Crippen molar-refractivity contribution < 1.29 is 23.1 Å². The van der Waals surface area contributed by atoms with E-state index in [9.17, 15) is 18.0 Å². The first-order valence-corrected chi connectivity index (χ1v) is 8.78. The maximum atomic E-state index is 12.3. The van der Waals surface area contributed by atoms with Crippen LogP contribution in [0, 0.1) is 6.92 Å². The van der Waals surface area contributed by atoms with Gasteiger partial charge in [-0.15, -0.1) is 0 Å². The number of sulfonamides is 1. The molecule has 2 aromatic rings. The van der Waals surface area contributed by atoms with Crippen LogP contribution in [-0.4, -0.2) is 31.7 Å². The van der Waals surface area contributed by atoms with Crippen LogP contribution in [0.5, 0.6) is 0 Å². The number of hydrogen-bond acceptors (Lipinski definition) is 4. The summed E-state index contributed by atoms with van der Waals surface area (Å²) in [5.41, 5.74) is 1.73. The van der Waals surface area contributed by atoms with E-state index in [2.05, 4.69) is 10.0 Å². The van der Waals surface area contributed by atoms with Crippen LogP contribution in [0.3, 0.4) is 0 Å². The minimum absolute atomic E-state index is 0.0709. The van der Waals surface area contributed by atoms with Crippen molar-refractivity contribution in [2.75, 3.05) is 16.3 Å². The third-order valence-corrected chi connectivity index (χ3v) is 3.70. The van der Waals surface area contributed by atoms with E-state index < -0.39 is 21.9 Å². The Balaban J connectivity index is 2.27. The van der Waals surface area contributed by atoms with E-state index in [1.54, 1.807) is 18.2 Å². The normalized spacial score (nSPS) is 10.9. The maximum Gasteiger partial charge on any atom is 0.335 e. The summed E-state index contributed by atoms with van der Waals surface area (Å²) in [5.74, 6) is -1.56. The molecule has 0 bridgehead atoms. The Morgan fingerprint density at radius 2 is 1.54 bits per heavy atom. The van der Waals surface area contributed by atoms with Gasteiger partial charge in [0, 0.05) is 5.56 Å². The molecule has 0 saturated carbocycles. The maximum absolute atomic E-state index is 12.3. The molecule has 2 aromatic carbocycles. The highest BCUT2D eigenvalue weighted by molar-refractivity contribution is 7.92. The van der Waals surface area contributed by atoms with Gasteiger partial charge in [0.25, 0.3) is 5.91 Å². The molecular formula is C16H16N2O5S. The minimum atomic E-state index is -3.49. The van der Waals surface area contributed by atoms with Crippen LogP contribution in [0.25, 0.3) is 0 Å². The van der Waals surface area contributed by atoms with E-state index in [0.717, 1.165) is 11.8 Å². The van der Waals surface area contributed by atoms with Crippen molar-refractivity contribution in [2.45, 2.75) is 6.92 Å². The second-order valence-electron chi connectivity index (χ2n) is 5.26. The molecule has 8 heteroatoms. The quantitative estimate of drug-likeness (QED) is 0.767. The standard InChI is InChI=1S/C16H16N2O5S/c1-10-3-8-13(18-24(2,22)23)14(9-10)17-15(19)11-4-6-12(7-5-11)16(20)21/h3-9,18H,1-2H3,(H,17,19)(H,20,21). The molecule has 126 valence electrons. The summed E-state index contributed by atoms with van der Waals surface area (Å²) in [4.78, 5) is 23.1. The van der Waals surface area contributed by atoms with Crippen molar-refractivity contribution in [3.05, 3.63) is 59.2 Å². The molecule has 0 fully saturated rings. The van der Waals surface area contributed by atoms with Crippen LogP contribution in [0.4, 0.5) is 11.4 Å². The second-order valence-corrected chi connectivity index (χ2v) is 7.01. The van der Waals surface area contributed by atoms with Gasteiger partial charge in [0.1, 0.15) is 0 Å². The van der Waals surface area contributed by atoms with E-state index in [1.165, 1.54) is 24.3 Å². The van der Waals surface area contributed by atoms with Crippen molar-refractivity contribution in [1.29, 1.82) is 0 Å². The van der Waals surface area contributed by atoms with Gasteiger partial charge in [-0.25, -0.2) is 13.2 Å². The van der Waals surface area contributed by atoms with Gasteiger partial charge in [-0.3, -0.25) is 9.52 Å². The summed E-state index contributed by atoms with van der Waals surface area (Å²) in [7, 11) is -3.49. The van der Waals surface area contributed by atoms with E-state index in [0.29, 0.717) is 5.69 Å². The Bertz CT molecular complexity index is 889. The molecule has 0 aliphatic carbocycles. The van der Waals surface area contributed by atoms with Crippen molar-refractivity contribution in [1.82, 2.24) is 0 Å². The molecule has 1 amide bonds. The van der Waals surface area contributed by atoms with Crippen LogP contribution in [0.15, 0.2) is 42.5 Å². The number of aryl methyl sites for hydroxylation is 1. The molecule has 0 unspecified atom stereocenters. The third-order valence-electron chi connectivity index (χ3n) is 3.11. The topological polar surface area (TPSA) is 113 Å². The van der Waals surface area contributed by atoms with Crippen LogP contribution >= 0.6 is 0 Å². The molecular weight excluding hydrogens is 332 g/mol. The molecule has 0 radical (unpaired) electrons. The fourth-order valence-electron chi connectivity index (χ4n) is 2.01. The number of hydrogen-bond donors (Lipinski definition) is 3. The van der Waals surface area contributed by atoms with Gasteiger partial charge in [0.05, 0.1) is 23.2 Å². The average Bonchev–Trinajstić information content (AvgIpc) is 2.49. The third kappa shape index (κ3) is 4.56. The van der Waals surface area contributed by atoms with Gasteiger partial charge in [0.2, 0.25) is 10.0 Å². The number of anilines is 2. The smallest absolute Gasteiger partial charge is 0.335 e. The summed E-state index contributed by atoms with van der Waals surface area (Å²) < 4.78 is 25.2. The zero-order chi connectivity index (χ0) is 17.9. The van der Waals surface area contributed by atoms with Gasteiger partial charge in [0.15, 0.2) is 0 Å². The summed E-state index contributed by atoms with van der Waals surface area (Å²) in [5, 5.41) is 11.5. The van der Waals surface area contributed by atoms with Crippen LogP contribution in [-0.2, 0) is 10.0 Å². The lowest BCUT2D eigenvalue weighted by Gasteiger charge is -2.13. The predicted octanol–water partition coefficient (Wildman–Crippen LogP) is 2.32. The van der Waals surface area contributed by atoms with E-state index in [1.807, 2.05) is 6.92 Å². The molecule has 0 heterocycles. The summed E-state index contributed by atoms with van der Waals surface area (Å²) >= 11 is 0. The number of amides is 1. The van der Waals surface area contributed by atoms with Crippen molar-refractivity contribution in [3.63, 3.8) is 0 Å². The molecule has 0 aliphatic heterocycles. The first-order valence-electron chi connectivity index (χ1n) is 6.89. The fourth-order valence-corrected chi connectivity index (χ4v) is 2.59. The Hall–Kier alpha value is -2.87. The minimum Gasteiger partial charge on any atom is -0.478 e. The predicted molar refractivity (Wildman–Crippen MR) is 91.0 cm³/mol. The Morgan fingerprint density at radius 1 is 0.958 bits per heavy atom. The largest absolute Gasteiger partial charge is 0.478 e. The molecule has 2 rings (SSSR count). The molecule has 0 aliphatic rings. The van der Waals surface area contributed by atoms with Gasteiger partial charge in [-0.05, 0) is 48.9 Å². The van der Waals surface area contributed by atoms with E-state index in [4.69, 9.17) is 5.11 Å². The van der Waals surface area contributed by atoms with Crippen molar-refractivity contribution >= 4 is 33.3 Å². The highest BCUT2D eigenvalue weighted by atomic mass is 32.2. The monoisotopic (exact) mass is 348 g/mol. The van der Waals surface area contributed by atoms with Crippen molar-refractivity contribution in [2.24, 2.45) is 0 Å². The van der Waals surface area contributed by atoms with Crippen LogP contribution in [0.1, 0.15) is 26.3 Å².